The highest BCUT2D eigenvalue weighted by atomic mass is 35.5. The Morgan fingerprint density at radius 3 is 2.73 bits per heavy atom. The first-order chi connectivity index (χ1) is 12.4. The van der Waals surface area contributed by atoms with E-state index >= 15 is 0 Å². The lowest BCUT2D eigenvalue weighted by atomic mass is 10.1. The van der Waals surface area contributed by atoms with E-state index in [0.29, 0.717) is 12.1 Å². The summed E-state index contributed by atoms with van der Waals surface area (Å²) < 4.78 is 18.4. The summed E-state index contributed by atoms with van der Waals surface area (Å²) in [5.74, 6) is -2.57. The van der Waals surface area contributed by atoms with Crippen LogP contribution in [-0.4, -0.2) is 36.3 Å². The summed E-state index contributed by atoms with van der Waals surface area (Å²) >= 11 is 5.76. The molecule has 1 heterocycles. The van der Waals surface area contributed by atoms with E-state index in [-0.39, 0.29) is 28.7 Å². The fourth-order valence-corrected chi connectivity index (χ4v) is 2.96. The van der Waals surface area contributed by atoms with Gasteiger partial charge in [0.25, 0.3) is 5.91 Å². The highest BCUT2D eigenvalue weighted by Gasteiger charge is 2.28. The molecular weight excluding hydrogens is 363 g/mol. The number of nitrogens with zero attached hydrogens (tertiary/aromatic N) is 1. The lowest BCUT2D eigenvalue weighted by Crippen LogP contribution is -2.33. The van der Waals surface area contributed by atoms with E-state index in [2.05, 4.69) is 10.1 Å². The first kappa shape index (κ1) is 17.9. The SMILES string of the molecule is COC(=O)c1cc(NC(=O)CN2Cc3ccccc3C2=O)cc(Cl)c1F. The van der Waals surface area contributed by atoms with Crippen LogP contribution in [0.2, 0.25) is 5.02 Å². The maximum atomic E-state index is 13.9. The van der Waals surface area contributed by atoms with E-state index in [1.807, 2.05) is 12.1 Å². The molecule has 0 fully saturated rings. The number of esters is 1. The predicted octanol–water partition coefficient (Wildman–Crippen LogP) is 2.86. The number of carbonyl (C=O) groups excluding carboxylic acids is 3. The van der Waals surface area contributed by atoms with E-state index in [1.54, 1.807) is 12.1 Å². The molecule has 1 aliphatic heterocycles. The normalized spacial score (nSPS) is 12.7. The molecule has 2 aromatic rings. The van der Waals surface area contributed by atoms with Crippen molar-refractivity contribution in [3.63, 3.8) is 0 Å². The summed E-state index contributed by atoms with van der Waals surface area (Å²) in [6, 6.07) is 9.43. The third kappa shape index (κ3) is 3.39. The summed E-state index contributed by atoms with van der Waals surface area (Å²) in [6.45, 7) is 0.149. The van der Waals surface area contributed by atoms with Crippen molar-refractivity contribution in [2.75, 3.05) is 19.0 Å². The summed E-state index contributed by atoms with van der Waals surface area (Å²) in [4.78, 5) is 37.5. The molecule has 0 saturated carbocycles. The number of anilines is 1. The quantitative estimate of drug-likeness (QED) is 0.832. The molecule has 3 rings (SSSR count). The lowest BCUT2D eigenvalue weighted by Gasteiger charge is -2.15. The zero-order valence-electron chi connectivity index (χ0n) is 13.7. The van der Waals surface area contributed by atoms with Crippen molar-refractivity contribution < 1.29 is 23.5 Å². The van der Waals surface area contributed by atoms with Gasteiger partial charge in [-0.3, -0.25) is 9.59 Å². The van der Waals surface area contributed by atoms with Crippen LogP contribution in [0, 0.1) is 5.82 Å². The molecule has 1 aliphatic rings. The average molecular weight is 377 g/mol. The fraction of sp³-hybridized carbons (Fsp3) is 0.167. The Bertz CT molecular complexity index is 916. The molecule has 6 nitrogen and oxygen atoms in total. The monoisotopic (exact) mass is 376 g/mol. The first-order valence-corrected chi connectivity index (χ1v) is 8.03. The minimum absolute atomic E-state index is 0.131. The number of benzene rings is 2. The number of methoxy groups -OCH3 is 1. The molecule has 0 bridgehead atoms. The Morgan fingerprint density at radius 2 is 2.04 bits per heavy atom. The standard InChI is InChI=1S/C18H14ClFN2O4/c1-26-18(25)13-6-11(7-14(19)16(13)20)21-15(23)9-22-8-10-4-2-3-5-12(10)17(22)24/h2-7H,8-9H2,1H3,(H,21,23). The van der Waals surface area contributed by atoms with Crippen molar-refractivity contribution in [2.45, 2.75) is 6.54 Å². The second-order valence-corrected chi connectivity index (χ2v) is 6.08. The van der Waals surface area contributed by atoms with Crippen molar-refractivity contribution in [3.05, 3.63) is 63.9 Å². The van der Waals surface area contributed by atoms with Gasteiger partial charge < -0.3 is 15.0 Å². The fourth-order valence-electron chi connectivity index (χ4n) is 2.74. The zero-order chi connectivity index (χ0) is 18.8. The Kier molecular flexibility index (Phi) is 4.90. The predicted molar refractivity (Wildman–Crippen MR) is 92.6 cm³/mol. The van der Waals surface area contributed by atoms with Crippen LogP contribution in [0.5, 0.6) is 0 Å². The van der Waals surface area contributed by atoms with E-state index < -0.39 is 17.7 Å². The molecule has 0 spiro atoms. The summed E-state index contributed by atoms with van der Waals surface area (Å²) in [7, 11) is 1.11. The Hall–Kier alpha value is -2.93. The van der Waals surface area contributed by atoms with Gasteiger partial charge in [0.2, 0.25) is 5.91 Å². The number of carbonyl (C=O) groups is 3. The zero-order valence-corrected chi connectivity index (χ0v) is 14.5. The highest BCUT2D eigenvalue weighted by Crippen LogP contribution is 2.25. The maximum Gasteiger partial charge on any atom is 0.340 e. The molecule has 1 N–H and O–H groups in total. The molecule has 26 heavy (non-hydrogen) atoms. The number of nitrogens with one attached hydrogen (secondary N) is 1. The van der Waals surface area contributed by atoms with Crippen LogP contribution < -0.4 is 5.32 Å². The van der Waals surface area contributed by atoms with Crippen LogP contribution in [0.25, 0.3) is 0 Å². The van der Waals surface area contributed by atoms with Gasteiger partial charge in [-0.1, -0.05) is 29.8 Å². The van der Waals surface area contributed by atoms with Crippen LogP contribution in [0.3, 0.4) is 0 Å². The van der Waals surface area contributed by atoms with Gasteiger partial charge in [-0.25, -0.2) is 9.18 Å². The summed E-state index contributed by atoms with van der Waals surface area (Å²) in [5, 5.41) is 2.19. The number of halogens is 2. The maximum absolute atomic E-state index is 13.9. The van der Waals surface area contributed by atoms with E-state index in [4.69, 9.17) is 11.6 Å². The lowest BCUT2D eigenvalue weighted by molar-refractivity contribution is -0.116. The van der Waals surface area contributed by atoms with Gasteiger partial charge in [0.05, 0.1) is 17.7 Å². The average Bonchev–Trinajstić information content (AvgIpc) is 2.93. The number of ether oxygens (including phenoxy) is 1. The smallest absolute Gasteiger partial charge is 0.340 e. The van der Waals surface area contributed by atoms with Crippen LogP contribution in [0.4, 0.5) is 10.1 Å². The summed E-state index contributed by atoms with van der Waals surface area (Å²) in [5.41, 5.74) is 1.16. The van der Waals surface area contributed by atoms with Gasteiger partial charge in [-0.15, -0.1) is 0 Å². The molecule has 134 valence electrons. The number of hydrogen-bond donors (Lipinski definition) is 1. The molecule has 0 unspecified atom stereocenters. The van der Waals surface area contributed by atoms with Crippen molar-refractivity contribution in [1.82, 2.24) is 4.90 Å². The minimum Gasteiger partial charge on any atom is -0.465 e. The molecule has 0 aromatic heterocycles. The van der Waals surface area contributed by atoms with Crippen LogP contribution >= 0.6 is 11.6 Å². The van der Waals surface area contributed by atoms with E-state index in [1.165, 1.54) is 11.0 Å². The van der Waals surface area contributed by atoms with E-state index in [9.17, 15) is 18.8 Å². The number of rotatable bonds is 4. The van der Waals surface area contributed by atoms with Gasteiger partial charge in [0, 0.05) is 17.8 Å². The van der Waals surface area contributed by atoms with Gasteiger partial charge >= 0.3 is 5.97 Å². The molecule has 2 amide bonds. The molecule has 0 atom stereocenters. The molecule has 0 radical (unpaired) electrons. The third-order valence-corrected chi connectivity index (χ3v) is 4.22. The first-order valence-electron chi connectivity index (χ1n) is 7.65. The second kappa shape index (κ2) is 7.13. The topological polar surface area (TPSA) is 75.7 Å². The Balaban J connectivity index is 1.72. The van der Waals surface area contributed by atoms with Gasteiger partial charge in [0.1, 0.15) is 6.54 Å². The third-order valence-electron chi connectivity index (χ3n) is 3.95. The Morgan fingerprint density at radius 1 is 1.31 bits per heavy atom. The highest BCUT2D eigenvalue weighted by molar-refractivity contribution is 6.31. The largest absolute Gasteiger partial charge is 0.465 e. The molecule has 2 aromatic carbocycles. The van der Waals surface area contributed by atoms with Crippen LogP contribution in [0.15, 0.2) is 36.4 Å². The van der Waals surface area contributed by atoms with Crippen molar-refractivity contribution in [2.24, 2.45) is 0 Å². The summed E-state index contributed by atoms with van der Waals surface area (Å²) in [6.07, 6.45) is 0. The number of fused-ring (bicyclic) bond motifs is 1. The van der Waals surface area contributed by atoms with Gasteiger partial charge in [-0.05, 0) is 23.8 Å². The van der Waals surface area contributed by atoms with Crippen molar-refractivity contribution >= 4 is 35.1 Å². The number of hydrogen-bond acceptors (Lipinski definition) is 4. The number of amides is 2. The minimum atomic E-state index is -0.929. The van der Waals surface area contributed by atoms with Gasteiger partial charge in [-0.2, -0.15) is 0 Å². The molecule has 0 aliphatic carbocycles. The van der Waals surface area contributed by atoms with Crippen molar-refractivity contribution in [3.8, 4) is 0 Å². The second-order valence-electron chi connectivity index (χ2n) is 5.68. The van der Waals surface area contributed by atoms with Crippen molar-refractivity contribution in [1.29, 1.82) is 0 Å². The van der Waals surface area contributed by atoms with E-state index in [0.717, 1.165) is 18.7 Å². The molecule has 0 saturated heterocycles. The van der Waals surface area contributed by atoms with Crippen LogP contribution in [0.1, 0.15) is 26.3 Å². The molecular formula is C18H14ClFN2O4. The Labute approximate surface area is 153 Å². The van der Waals surface area contributed by atoms with Crippen LogP contribution in [-0.2, 0) is 16.1 Å². The van der Waals surface area contributed by atoms with Gasteiger partial charge in [0.15, 0.2) is 5.82 Å². The molecule has 8 heteroatoms.